The minimum atomic E-state index is -0.416. The highest BCUT2D eigenvalue weighted by Crippen LogP contribution is 2.11. The van der Waals surface area contributed by atoms with Crippen LogP contribution in [0, 0.1) is 17.1 Å². The Bertz CT molecular complexity index is 427. The predicted molar refractivity (Wildman–Crippen MR) is 73.1 cm³/mol. The third-order valence-electron chi connectivity index (χ3n) is 2.71. The Morgan fingerprint density at radius 1 is 1.37 bits per heavy atom. The first-order valence-electron chi connectivity index (χ1n) is 6.65. The molecule has 0 heterocycles. The summed E-state index contributed by atoms with van der Waals surface area (Å²) in [5, 5.41) is 11.9. The fourth-order valence-electron chi connectivity index (χ4n) is 1.70. The summed E-state index contributed by atoms with van der Waals surface area (Å²) >= 11 is 0. The van der Waals surface area contributed by atoms with Crippen LogP contribution < -0.4 is 5.32 Å². The van der Waals surface area contributed by atoms with Crippen LogP contribution in [-0.2, 0) is 11.3 Å². The third-order valence-corrected chi connectivity index (χ3v) is 2.71. The highest BCUT2D eigenvalue weighted by molar-refractivity contribution is 5.34. The van der Waals surface area contributed by atoms with Crippen molar-refractivity contribution in [2.75, 3.05) is 13.2 Å². The van der Waals surface area contributed by atoms with Crippen molar-refractivity contribution in [2.24, 2.45) is 0 Å². The lowest BCUT2D eigenvalue weighted by Gasteiger charge is -2.08. The van der Waals surface area contributed by atoms with Crippen LogP contribution in [0.5, 0.6) is 0 Å². The van der Waals surface area contributed by atoms with E-state index >= 15 is 0 Å². The molecule has 0 fully saturated rings. The minimum Gasteiger partial charge on any atom is -0.379 e. The average molecular weight is 264 g/mol. The van der Waals surface area contributed by atoms with Crippen molar-refractivity contribution in [3.8, 4) is 6.07 Å². The molecule has 0 bridgehead atoms. The van der Waals surface area contributed by atoms with Crippen molar-refractivity contribution >= 4 is 0 Å². The van der Waals surface area contributed by atoms with E-state index in [-0.39, 0.29) is 11.7 Å². The number of ether oxygens (including phenoxy) is 1. The average Bonchev–Trinajstić information content (AvgIpc) is 2.39. The number of hydrogen-bond donors (Lipinski definition) is 1. The highest BCUT2D eigenvalue weighted by atomic mass is 19.1. The van der Waals surface area contributed by atoms with Crippen LogP contribution in [0.4, 0.5) is 4.39 Å². The van der Waals surface area contributed by atoms with Crippen LogP contribution in [-0.4, -0.2) is 19.3 Å². The summed E-state index contributed by atoms with van der Waals surface area (Å²) in [6, 6.07) is 6.74. The summed E-state index contributed by atoms with van der Waals surface area (Å²) in [5.41, 5.74) is 0.641. The van der Waals surface area contributed by atoms with Crippen LogP contribution in [0.3, 0.4) is 0 Å². The molecular weight excluding hydrogens is 243 g/mol. The smallest absolute Gasteiger partial charge is 0.145 e. The molecule has 1 aromatic rings. The number of nitriles is 1. The van der Waals surface area contributed by atoms with Gasteiger partial charge in [0, 0.05) is 18.7 Å². The second-order valence-corrected chi connectivity index (χ2v) is 4.69. The fraction of sp³-hybridized carbons (Fsp3) is 0.533. The molecule has 0 radical (unpaired) electrons. The van der Waals surface area contributed by atoms with E-state index in [0.29, 0.717) is 12.1 Å². The summed E-state index contributed by atoms with van der Waals surface area (Å²) in [7, 11) is 0. The van der Waals surface area contributed by atoms with Gasteiger partial charge >= 0.3 is 0 Å². The summed E-state index contributed by atoms with van der Waals surface area (Å²) in [6.07, 6.45) is 2.26. The van der Waals surface area contributed by atoms with Crippen LogP contribution in [0.15, 0.2) is 18.2 Å². The summed E-state index contributed by atoms with van der Waals surface area (Å²) < 4.78 is 19.1. The monoisotopic (exact) mass is 264 g/mol. The van der Waals surface area contributed by atoms with Crippen molar-refractivity contribution in [1.82, 2.24) is 5.32 Å². The zero-order valence-electron chi connectivity index (χ0n) is 11.6. The van der Waals surface area contributed by atoms with Gasteiger partial charge in [-0.2, -0.15) is 5.26 Å². The summed E-state index contributed by atoms with van der Waals surface area (Å²) in [6.45, 7) is 6.06. The molecule has 104 valence electrons. The largest absolute Gasteiger partial charge is 0.379 e. The number of halogens is 1. The van der Waals surface area contributed by atoms with Crippen LogP contribution in [0.2, 0.25) is 0 Å². The van der Waals surface area contributed by atoms with E-state index in [0.717, 1.165) is 26.0 Å². The van der Waals surface area contributed by atoms with Gasteiger partial charge in [-0.1, -0.05) is 12.1 Å². The van der Waals surface area contributed by atoms with E-state index < -0.39 is 5.82 Å². The van der Waals surface area contributed by atoms with Gasteiger partial charge in [-0.25, -0.2) is 4.39 Å². The van der Waals surface area contributed by atoms with Crippen molar-refractivity contribution < 1.29 is 9.13 Å². The summed E-state index contributed by atoms with van der Waals surface area (Å²) in [4.78, 5) is 0. The second-order valence-electron chi connectivity index (χ2n) is 4.69. The van der Waals surface area contributed by atoms with Crippen molar-refractivity contribution in [2.45, 2.75) is 39.3 Å². The van der Waals surface area contributed by atoms with Crippen molar-refractivity contribution in [1.29, 1.82) is 5.26 Å². The molecule has 0 aliphatic rings. The maximum Gasteiger partial charge on any atom is 0.145 e. The van der Waals surface area contributed by atoms with E-state index in [1.165, 1.54) is 6.07 Å². The van der Waals surface area contributed by atoms with Crippen LogP contribution >= 0.6 is 0 Å². The Labute approximate surface area is 114 Å². The van der Waals surface area contributed by atoms with Gasteiger partial charge in [0.15, 0.2) is 0 Å². The zero-order valence-corrected chi connectivity index (χ0v) is 11.6. The third kappa shape index (κ3) is 5.82. The minimum absolute atomic E-state index is 0.102. The molecule has 0 aliphatic heterocycles. The second kappa shape index (κ2) is 8.63. The van der Waals surface area contributed by atoms with Gasteiger partial charge in [-0.3, -0.25) is 0 Å². The molecule has 0 spiro atoms. The van der Waals surface area contributed by atoms with Gasteiger partial charge < -0.3 is 10.1 Å². The van der Waals surface area contributed by atoms with Gasteiger partial charge in [-0.05, 0) is 39.3 Å². The standard InChI is InChI=1S/C15H21FN2O/c1-12(2)19-9-4-3-8-18-11-14-7-5-6-13(10-17)15(14)16/h5-7,12,18H,3-4,8-9,11H2,1-2H3. The highest BCUT2D eigenvalue weighted by Gasteiger charge is 2.06. The van der Waals surface area contributed by atoms with Crippen LogP contribution in [0.25, 0.3) is 0 Å². The topological polar surface area (TPSA) is 45.0 Å². The van der Waals surface area contributed by atoms with Gasteiger partial charge in [0.25, 0.3) is 0 Å². The lowest BCUT2D eigenvalue weighted by molar-refractivity contribution is 0.0760. The number of nitrogens with one attached hydrogen (secondary N) is 1. The number of unbranched alkanes of at least 4 members (excludes halogenated alkanes) is 1. The van der Waals surface area contributed by atoms with Gasteiger partial charge in [0.2, 0.25) is 0 Å². The SMILES string of the molecule is CC(C)OCCCCNCc1cccc(C#N)c1F. The number of nitrogens with zero attached hydrogens (tertiary/aromatic N) is 1. The molecule has 0 saturated heterocycles. The normalized spacial score (nSPS) is 10.7. The molecule has 0 amide bonds. The van der Waals surface area contributed by atoms with Crippen LogP contribution in [0.1, 0.15) is 37.8 Å². The summed E-state index contributed by atoms with van der Waals surface area (Å²) in [5.74, 6) is -0.416. The van der Waals surface area contributed by atoms with Gasteiger partial charge in [0.1, 0.15) is 11.9 Å². The maximum atomic E-state index is 13.7. The van der Waals surface area contributed by atoms with Gasteiger partial charge in [-0.15, -0.1) is 0 Å². The van der Waals surface area contributed by atoms with E-state index in [9.17, 15) is 4.39 Å². The lowest BCUT2D eigenvalue weighted by atomic mass is 10.1. The van der Waals surface area contributed by atoms with Crippen molar-refractivity contribution in [3.05, 3.63) is 35.1 Å². The molecule has 0 aliphatic carbocycles. The van der Waals surface area contributed by atoms with E-state index in [2.05, 4.69) is 5.32 Å². The van der Waals surface area contributed by atoms with E-state index in [4.69, 9.17) is 10.00 Å². The first-order chi connectivity index (χ1) is 9.15. The molecule has 4 heteroatoms. The molecule has 1 rings (SSSR count). The maximum absolute atomic E-state index is 13.7. The molecule has 0 saturated carbocycles. The van der Waals surface area contributed by atoms with Crippen molar-refractivity contribution in [3.63, 3.8) is 0 Å². The lowest BCUT2D eigenvalue weighted by Crippen LogP contribution is -2.16. The molecule has 0 atom stereocenters. The first kappa shape index (κ1) is 15.6. The number of benzene rings is 1. The molecule has 3 nitrogen and oxygen atoms in total. The molecule has 19 heavy (non-hydrogen) atoms. The number of rotatable bonds is 8. The molecular formula is C15H21FN2O. The Kier molecular flexibility index (Phi) is 7.09. The quantitative estimate of drug-likeness (QED) is 0.734. The molecule has 1 N–H and O–H groups in total. The van der Waals surface area contributed by atoms with E-state index in [1.807, 2.05) is 19.9 Å². The molecule has 0 unspecified atom stereocenters. The van der Waals surface area contributed by atoms with E-state index in [1.54, 1.807) is 12.1 Å². The molecule has 0 aromatic heterocycles. The number of hydrogen-bond acceptors (Lipinski definition) is 3. The zero-order chi connectivity index (χ0) is 14.1. The Morgan fingerprint density at radius 2 is 2.16 bits per heavy atom. The predicted octanol–water partition coefficient (Wildman–Crippen LogP) is 2.99. The Morgan fingerprint density at radius 3 is 2.84 bits per heavy atom. The molecule has 1 aromatic carbocycles. The Hall–Kier alpha value is -1.44. The first-order valence-corrected chi connectivity index (χ1v) is 6.65. The van der Waals surface area contributed by atoms with Gasteiger partial charge in [0.05, 0.1) is 11.7 Å². The fourth-order valence-corrected chi connectivity index (χ4v) is 1.70. The Balaban J connectivity index is 2.22.